The molecule has 1 heterocycles. The Morgan fingerprint density at radius 3 is 2.88 bits per heavy atom. The van der Waals surface area contributed by atoms with Gasteiger partial charge >= 0.3 is 0 Å². The van der Waals surface area contributed by atoms with Crippen molar-refractivity contribution in [2.24, 2.45) is 0 Å². The van der Waals surface area contributed by atoms with Crippen molar-refractivity contribution in [1.29, 1.82) is 0 Å². The molecule has 1 aliphatic rings. The molecule has 0 saturated carbocycles. The fraction of sp³-hybridized carbons (Fsp3) is 0.286. The molecule has 0 atom stereocenters. The van der Waals surface area contributed by atoms with E-state index in [0.717, 1.165) is 23.9 Å². The third-order valence-corrected chi connectivity index (χ3v) is 3.46. The van der Waals surface area contributed by atoms with Crippen molar-refractivity contribution < 1.29 is 0 Å². The zero-order chi connectivity index (χ0) is 11.8. The Hall–Kier alpha value is -1.90. The van der Waals surface area contributed by atoms with Crippen LogP contribution in [-0.4, -0.2) is 15.0 Å². The predicted octanol–water partition coefficient (Wildman–Crippen LogP) is 3.40. The van der Waals surface area contributed by atoms with E-state index in [4.69, 9.17) is 0 Å². The molecule has 0 amide bonds. The number of fused-ring (bicyclic) bond motifs is 1. The van der Waals surface area contributed by atoms with Crippen molar-refractivity contribution in [2.75, 3.05) is 0 Å². The highest BCUT2D eigenvalue weighted by Gasteiger charge is 2.14. The monoisotopic (exact) mass is 225 g/mol. The lowest BCUT2D eigenvalue weighted by Crippen LogP contribution is -2.05. The molecule has 17 heavy (non-hydrogen) atoms. The summed E-state index contributed by atoms with van der Waals surface area (Å²) in [6, 6.07) is 8.10. The Kier molecular flexibility index (Phi) is 2.32. The van der Waals surface area contributed by atoms with Gasteiger partial charge in [0.25, 0.3) is 0 Å². The van der Waals surface area contributed by atoms with Gasteiger partial charge in [0.15, 0.2) is 0 Å². The van der Waals surface area contributed by atoms with Crippen LogP contribution in [0.2, 0.25) is 0 Å². The molecule has 0 spiro atoms. The Bertz CT molecular complexity index is 632. The maximum Gasteiger partial charge on any atom is 0.113 e. The number of para-hydroxylation sites is 1. The molecule has 0 saturated heterocycles. The summed E-state index contributed by atoms with van der Waals surface area (Å²) in [6.07, 6.45) is 4.42. The van der Waals surface area contributed by atoms with Crippen LogP contribution in [0, 0.1) is 0 Å². The summed E-state index contributed by atoms with van der Waals surface area (Å²) < 4.78 is 1.99. The molecule has 0 fully saturated rings. The second kappa shape index (κ2) is 3.84. The van der Waals surface area contributed by atoms with Gasteiger partial charge in [-0.05, 0) is 44.4 Å². The molecule has 0 bridgehead atoms. The fourth-order valence-electron chi connectivity index (χ4n) is 2.33. The van der Waals surface area contributed by atoms with E-state index in [1.807, 2.05) is 22.9 Å². The number of benzene rings is 1. The summed E-state index contributed by atoms with van der Waals surface area (Å²) in [4.78, 5) is 0. The summed E-state index contributed by atoms with van der Waals surface area (Å²) >= 11 is 0. The summed E-state index contributed by atoms with van der Waals surface area (Å²) in [5.41, 5.74) is 6.01. The average molecular weight is 225 g/mol. The van der Waals surface area contributed by atoms with Crippen LogP contribution in [-0.2, 0) is 0 Å². The normalized spacial score (nSPS) is 16.5. The van der Waals surface area contributed by atoms with E-state index in [9.17, 15) is 0 Å². The Balaban J connectivity index is 2.22. The molecule has 0 N–H and O–H groups in total. The quantitative estimate of drug-likeness (QED) is 0.744. The lowest BCUT2D eigenvalue weighted by Gasteiger charge is -2.17. The van der Waals surface area contributed by atoms with E-state index in [1.54, 1.807) is 0 Å². The third-order valence-electron chi connectivity index (χ3n) is 3.46. The number of allylic oxidation sites excluding steroid dienone is 4. The molecule has 86 valence electrons. The van der Waals surface area contributed by atoms with Gasteiger partial charge in [-0.3, -0.25) is 0 Å². The van der Waals surface area contributed by atoms with E-state index in [2.05, 4.69) is 36.3 Å². The molecule has 1 aliphatic carbocycles. The molecular formula is C14H15N3. The SMILES string of the molecule is CC1=CCCC(n2nnc3ccccc32)=C1C. The lowest BCUT2D eigenvalue weighted by atomic mass is 9.97. The zero-order valence-electron chi connectivity index (χ0n) is 10.1. The van der Waals surface area contributed by atoms with Crippen LogP contribution >= 0.6 is 0 Å². The van der Waals surface area contributed by atoms with Crippen molar-refractivity contribution in [3.63, 3.8) is 0 Å². The van der Waals surface area contributed by atoms with Gasteiger partial charge in [-0.2, -0.15) is 0 Å². The average Bonchev–Trinajstić information content (AvgIpc) is 2.77. The summed E-state index contributed by atoms with van der Waals surface area (Å²) in [7, 11) is 0. The van der Waals surface area contributed by atoms with E-state index in [0.29, 0.717) is 0 Å². The number of hydrogen-bond acceptors (Lipinski definition) is 2. The first-order valence-electron chi connectivity index (χ1n) is 5.95. The Labute approximate surface area is 100 Å². The number of nitrogens with zero attached hydrogens (tertiary/aromatic N) is 3. The highest BCUT2D eigenvalue weighted by Crippen LogP contribution is 2.29. The first kappa shape index (κ1) is 10.3. The minimum absolute atomic E-state index is 0.958. The molecule has 0 aliphatic heterocycles. The molecule has 2 aromatic rings. The van der Waals surface area contributed by atoms with E-state index in [-0.39, 0.29) is 0 Å². The van der Waals surface area contributed by atoms with Gasteiger partial charge in [0.05, 0.1) is 5.52 Å². The first-order chi connectivity index (χ1) is 8.27. The standard InChI is InChI=1S/C14H15N3/c1-10-6-5-9-13(11(10)2)17-14-8-4-3-7-12(14)15-16-17/h3-4,6-8H,5,9H2,1-2H3. The lowest BCUT2D eigenvalue weighted by molar-refractivity contribution is 0.789. The van der Waals surface area contributed by atoms with Gasteiger partial charge in [0.1, 0.15) is 5.52 Å². The largest absolute Gasteiger partial charge is 0.217 e. The molecule has 0 radical (unpaired) electrons. The molecular weight excluding hydrogens is 210 g/mol. The van der Waals surface area contributed by atoms with Crippen molar-refractivity contribution in [1.82, 2.24) is 15.0 Å². The highest BCUT2D eigenvalue weighted by atomic mass is 15.4. The summed E-state index contributed by atoms with van der Waals surface area (Å²) in [5.74, 6) is 0. The van der Waals surface area contributed by atoms with E-state index in [1.165, 1.54) is 16.8 Å². The molecule has 3 heteroatoms. The number of rotatable bonds is 1. The summed E-state index contributed by atoms with van der Waals surface area (Å²) in [5, 5.41) is 8.50. The van der Waals surface area contributed by atoms with E-state index < -0.39 is 0 Å². The van der Waals surface area contributed by atoms with Gasteiger partial charge in [0, 0.05) is 5.70 Å². The summed E-state index contributed by atoms with van der Waals surface area (Å²) in [6.45, 7) is 4.32. The van der Waals surface area contributed by atoms with Crippen molar-refractivity contribution in [2.45, 2.75) is 26.7 Å². The second-order valence-corrected chi connectivity index (χ2v) is 4.49. The molecule has 0 unspecified atom stereocenters. The number of aromatic nitrogens is 3. The molecule has 1 aromatic heterocycles. The van der Waals surface area contributed by atoms with Crippen LogP contribution in [0.25, 0.3) is 16.7 Å². The highest BCUT2D eigenvalue weighted by molar-refractivity contribution is 5.78. The second-order valence-electron chi connectivity index (χ2n) is 4.49. The zero-order valence-corrected chi connectivity index (χ0v) is 10.1. The van der Waals surface area contributed by atoms with E-state index >= 15 is 0 Å². The minimum atomic E-state index is 0.958. The molecule has 1 aromatic carbocycles. The Morgan fingerprint density at radius 1 is 1.18 bits per heavy atom. The van der Waals surface area contributed by atoms with Crippen molar-refractivity contribution in [3.8, 4) is 0 Å². The van der Waals surface area contributed by atoms with Crippen LogP contribution in [0.15, 0.2) is 41.5 Å². The van der Waals surface area contributed by atoms with Crippen LogP contribution in [0.1, 0.15) is 26.7 Å². The third kappa shape index (κ3) is 1.58. The smallest absolute Gasteiger partial charge is 0.113 e. The maximum absolute atomic E-state index is 4.29. The van der Waals surface area contributed by atoms with Gasteiger partial charge in [-0.15, -0.1) is 5.10 Å². The van der Waals surface area contributed by atoms with Crippen LogP contribution in [0.5, 0.6) is 0 Å². The maximum atomic E-state index is 4.29. The van der Waals surface area contributed by atoms with Crippen molar-refractivity contribution in [3.05, 3.63) is 41.5 Å². The van der Waals surface area contributed by atoms with Crippen LogP contribution in [0.4, 0.5) is 0 Å². The van der Waals surface area contributed by atoms with Crippen LogP contribution in [0.3, 0.4) is 0 Å². The first-order valence-corrected chi connectivity index (χ1v) is 5.95. The van der Waals surface area contributed by atoms with Gasteiger partial charge < -0.3 is 0 Å². The van der Waals surface area contributed by atoms with Crippen LogP contribution < -0.4 is 0 Å². The Morgan fingerprint density at radius 2 is 2.00 bits per heavy atom. The van der Waals surface area contributed by atoms with Gasteiger partial charge in [-0.25, -0.2) is 4.68 Å². The molecule has 3 rings (SSSR count). The molecule has 3 nitrogen and oxygen atoms in total. The minimum Gasteiger partial charge on any atom is -0.217 e. The van der Waals surface area contributed by atoms with Gasteiger partial charge in [-0.1, -0.05) is 29.0 Å². The van der Waals surface area contributed by atoms with Gasteiger partial charge in [0.2, 0.25) is 0 Å². The fourth-order valence-corrected chi connectivity index (χ4v) is 2.33. The number of hydrogen-bond donors (Lipinski definition) is 0. The van der Waals surface area contributed by atoms with Crippen molar-refractivity contribution >= 4 is 16.7 Å². The predicted molar refractivity (Wildman–Crippen MR) is 69.4 cm³/mol. The topological polar surface area (TPSA) is 30.7 Å².